The zero-order chi connectivity index (χ0) is 13.1. The predicted molar refractivity (Wildman–Crippen MR) is 74.8 cm³/mol. The van der Waals surface area contributed by atoms with Gasteiger partial charge in [0.1, 0.15) is 0 Å². The summed E-state index contributed by atoms with van der Waals surface area (Å²) < 4.78 is 0. The molecule has 1 unspecified atom stereocenters. The second-order valence-corrected chi connectivity index (χ2v) is 4.60. The first-order valence-corrected chi connectivity index (χ1v) is 6.56. The van der Waals surface area contributed by atoms with Crippen molar-refractivity contribution >= 4 is 16.8 Å². The van der Waals surface area contributed by atoms with Crippen LogP contribution >= 0.6 is 0 Å². The molecule has 2 aromatic rings. The van der Waals surface area contributed by atoms with Gasteiger partial charge in [-0.25, -0.2) is 0 Å². The Hall–Kier alpha value is -1.77. The predicted octanol–water partition coefficient (Wildman–Crippen LogP) is 3.43. The number of hydrogen-bond donors (Lipinski definition) is 1. The molecule has 0 aliphatic carbocycles. The number of hydrogen-bond acceptors (Lipinski definition) is 1. The van der Waals surface area contributed by atoms with Crippen LogP contribution < -0.4 is 0 Å². The lowest BCUT2D eigenvalue weighted by Gasteiger charge is -2.27. The molecule has 0 radical (unpaired) electrons. The van der Waals surface area contributed by atoms with Crippen LogP contribution in [-0.4, -0.2) is 28.4 Å². The molecular formula is C15H20N2O. The zero-order valence-corrected chi connectivity index (χ0v) is 11.2. The summed E-state index contributed by atoms with van der Waals surface area (Å²) in [5, 5.41) is 1.00. The van der Waals surface area contributed by atoms with Crippen molar-refractivity contribution in [2.24, 2.45) is 0 Å². The Kier molecular flexibility index (Phi) is 3.70. The minimum Gasteiger partial charge on any atom is -0.360 e. The lowest BCUT2D eigenvalue weighted by Crippen LogP contribution is -2.38. The van der Waals surface area contributed by atoms with E-state index in [2.05, 4.69) is 18.8 Å². The van der Waals surface area contributed by atoms with Crippen LogP contribution in [0.1, 0.15) is 37.6 Å². The number of fused-ring (bicyclic) bond motifs is 1. The SMILES string of the molecule is CCC(C)N(CC)C(=O)c1c[nH]c2ccccc12. The maximum absolute atomic E-state index is 12.6. The van der Waals surface area contributed by atoms with Gasteiger partial charge in [0.05, 0.1) is 5.56 Å². The van der Waals surface area contributed by atoms with E-state index >= 15 is 0 Å². The summed E-state index contributed by atoms with van der Waals surface area (Å²) in [5.74, 6) is 0.115. The lowest BCUT2D eigenvalue weighted by molar-refractivity contribution is 0.0702. The fraction of sp³-hybridized carbons (Fsp3) is 0.400. The maximum Gasteiger partial charge on any atom is 0.256 e. The molecule has 0 bridgehead atoms. The monoisotopic (exact) mass is 244 g/mol. The van der Waals surface area contributed by atoms with Crippen LogP contribution in [0.2, 0.25) is 0 Å². The fourth-order valence-electron chi connectivity index (χ4n) is 2.28. The summed E-state index contributed by atoms with van der Waals surface area (Å²) in [5.41, 5.74) is 1.79. The zero-order valence-electron chi connectivity index (χ0n) is 11.2. The Morgan fingerprint density at radius 3 is 2.72 bits per heavy atom. The minimum atomic E-state index is 0.115. The van der Waals surface area contributed by atoms with Crippen LogP contribution in [0, 0.1) is 0 Å². The lowest BCUT2D eigenvalue weighted by atomic mass is 10.1. The molecule has 1 amide bonds. The van der Waals surface area contributed by atoms with Crippen molar-refractivity contribution in [3.05, 3.63) is 36.0 Å². The molecule has 1 aromatic heterocycles. The standard InChI is InChI=1S/C15H20N2O/c1-4-11(3)17(5-2)15(18)13-10-16-14-9-7-6-8-12(13)14/h6-11,16H,4-5H2,1-3H3. The molecule has 0 aliphatic heterocycles. The number of benzene rings is 1. The van der Waals surface area contributed by atoms with E-state index in [9.17, 15) is 4.79 Å². The van der Waals surface area contributed by atoms with E-state index in [1.54, 1.807) is 0 Å². The third kappa shape index (κ3) is 2.13. The Balaban J connectivity index is 2.38. The number of H-pyrrole nitrogens is 1. The average molecular weight is 244 g/mol. The number of nitrogens with one attached hydrogen (secondary N) is 1. The molecule has 1 heterocycles. The number of nitrogens with zero attached hydrogens (tertiary/aromatic N) is 1. The number of carbonyl (C=O) groups is 1. The molecule has 3 heteroatoms. The Bertz CT molecular complexity index is 544. The highest BCUT2D eigenvalue weighted by atomic mass is 16.2. The first-order valence-electron chi connectivity index (χ1n) is 6.56. The number of aromatic nitrogens is 1. The van der Waals surface area contributed by atoms with E-state index in [4.69, 9.17) is 0 Å². The fourth-order valence-corrected chi connectivity index (χ4v) is 2.28. The summed E-state index contributed by atoms with van der Waals surface area (Å²) in [6.07, 6.45) is 2.79. The van der Waals surface area contributed by atoms with Crippen LogP contribution in [0.5, 0.6) is 0 Å². The first kappa shape index (κ1) is 12.7. The molecule has 1 atom stereocenters. The summed E-state index contributed by atoms with van der Waals surface area (Å²) >= 11 is 0. The molecule has 1 aromatic carbocycles. The van der Waals surface area contributed by atoms with Crippen molar-refractivity contribution in [2.75, 3.05) is 6.54 Å². The van der Waals surface area contributed by atoms with Crippen LogP contribution in [0.3, 0.4) is 0 Å². The van der Waals surface area contributed by atoms with Crippen LogP contribution in [0.15, 0.2) is 30.5 Å². The van der Waals surface area contributed by atoms with E-state index in [1.807, 2.05) is 42.3 Å². The Morgan fingerprint density at radius 1 is 1.33 bits per heavy atom. The smallest absolute Gasteiger partial charge is 0.256 e. The van der Waals surface area contributed by atoms with Gasteiger partial charge in [-0.3, -0.25) is 4.79 Å². The van der Waals surface area contributed by atoms with Gasteiger partial charge in [-0.2, -0.15) is 0 Å². The number of carbonyl (C=O) groups excluding carboxylic acids is 1. The molecule has 96 valence electrons. The van der Waals surface area contributed by atoms with E-state index in [0.717, 1.165) is 29.4 Å². The van der Waals surface area contributed by atoms with Crippen molar-refractivity contribution in [3.63, 3.8) is 0 Å². The van der Waals surface area contributed by atoms with Crippen LogP contribution in [0.25, 0.3) is 10.9 Å². The molecule has 0 spiro atoms. The molecule has 0 saturated carbocycles. The van der Waals surface area contributed by atoms with E-state index < -0.39 is 0 Å². The third-order valence-electron chi connectivity index (χ3n) is 3.54. The molecule has 0 saturated heterocycles. The molecule has 0 aliphatic rings. The molecule has 2 rings (SSSR count). The van der Waals surface area contributed by atoms with Gasteiger partial charge >= 0.3 is 0 Å². The van der Waals surface area contributed by atoms with Gasteiger partial charge in [-0.05, 0) is 26.3 Å². The second-order valence-electron chi connectivity index (χ2n) is 4.60. The van der Waals surface area contributed by atoms with Crippen molar-refractivity contribution in [3.8, 4) is 0 Å². The van der Waals surface area contributed by atoms with Crippen molar-refractivity contribution in [2.45, 2.75) is 33.2 Å². The average Bonchev–Trinajstić information content (AvgIpc) is 2.82. The molecule has 18 heavy (non-hydrogen) atoms. The third-order valence-corrected chi connectivity index (χ3v) is 3.54. The Morgan fingerprint density at radius 2 is 2.06 bits per heavy atom. The molecule has 1 N–H and O–H groups in total. The van der Waals surface area contributed by atoms with Gasteiger partial charge in [0, 0.05) is 29.7 Å². The van der Waals surface area contributed by atoms with Crippen LogP contribution in [-0.2, 0) is 0 Å². The normalized spacial score (nSPS) is 12.6. The Labute approximate surface area is 108 Å². The highest BCUT2D eigenvalue weighted by Crippen LogP contribution is 2.20. The first-order chi connectivity index (χ1) is 8.69. The quantitative estimate of drug-likeness (QED) is 0.878. The summed E-state index contributed by atoms with van der Waals surface area (Å²) in [4.78, 5) is 17.6. The number of amides is 1. The van der Waals surface area contributed by atoms with Crippen LogP contribution in [0.4, 0.5) is 0 Å². The number of para-hydroxylation sites is 1. The highest BCUT2D eigenvalue weighted by molar-refractivity contribution is 6.06. The number of aromatic amines is 1. The largest absolute Gasteiger partial charge is 0.360 e. The van der Waals surface area contributed by atoms with Crippen molar-refractivity contribution < 1.29 is 4.79 Å². The summed E-state index contributed by atoms with van der Waals surface area (Å²) in [6.45, 7) is 6.97. The van der Waals surface area contributed by atoms with Gasteiger partial charge < -0.3 is 9.88 Å². The second kappa shape index (κ2) is 5.25. The van der Waals surface area contributed by atoms with Gasteiger partial charge in [0.2, 0.25) is 0 Å². The van der Waals surface area contributed by atoms with Gasteiger partial charge in [-0.15, -0.1) is 0 Å². The highest BCUT2D eigenvalue weighted by Gasteiger charge is 2.21. The van der Waals surface area contributed by atoms with E-state index in [-0.39, 0.29) is 11.9 Å². The molecule has 0 fully saturated rings. The number of rotatable bonds is 4. The molecule has 3 nitrogen and oxygen atoms in total. The summed E-state index contributed by atoms with van der Waals surface area (Å²) in [7, 11) is 0. The summed E-state index contributed by atoms with van der Waals surface area (Å²) in [6, 6.07) is 8.19. The van der Waals surface area contributed by atoms with Crippen molar-refractivity contribution in [1.29, 1.82) is 0 Å². The maximum atomic E-state index is 12.6. The minimum absolute atomic E-state index is 0.115. The van der Waals surface area contributed by atoms with Gasteiger partial charge in [0.25, 0.3) is 5.91 Å². The van der Waals surface area contributed by atoms with E-state index in [1.165, 1.54) is 0 Å². The molecular weight excluding hydrogens is 224 g/mol. The van der Waals surface area contributed by atoms with Gasteiger partial charge in [-0.1, -0.05) is 25.1 Å². The topological polar surface area (TPSA) is 36.1 Å². The van der Waals surface area contributed by atoms with E-state index in [0.29, 0.717) is 0 Å². The van der Waals surface area contributed by atoms with Gasteiger partial charge in [0.15, 0.2) is 0 Å². The van der Waals surface area contributed by atoms with Crippen molar-refractivity contribution in [1.82, 2.24) is 9.88 Å².